The van der Waals surface area contributed by atoms with E-state index in [4.69, 9.17) is 5.11 Å². The predicted octanol–water partition coefficient (Wildman–Crippen LogP) is 3.09. The number of hydrogen-bond acceptors (Lipinski definition) is 5. The van der Waals surface area contributed by atoms with Crippen molar-refractivity contribution in [2.24, 2.45) is 0 Å². The summed E-state index contributed by atoms with van der Waals surface area (Å²) in [7, 11) is -2.44. The second kappa shape index (κ2) is 9.58. The molecule has 3 N–H and O–H groups in total. The minimum absolute atomic E-state index is 0.415. The van der Waals surface area contributed by atoms with Crippen LogP contribution in [0.5, 0.6) is 0 Å². The van der Waals surface area contributed by atoms with Gasteiger partial charge < -0.3 is 15.3 Å². The molecule has 1 atom stereocenters. The fourth-order valence-corrected chi connectivity index (χ4v) is 6.13. The van der Waals surface area contributed by atoms with Crippen molar-refractivity contribution in [2.75, 3.05) is 32.0 Å². The van der Waals surface area contributed by atoms with E-state index in [0.717, 1.165) is 73.7 Å². The van der Waals surface area contributed by atoms with Gasteiger partial charge in [0.25, 0.3) is 10.0 Å². The third kappa shape index (κ3) is 5.22. The summed E-state index contributed by atoms with van der Waals surface area (Å²) in [4.78, 5) is 26.9. The number of sulfonamides is 1. The van der Waals surface area contributed by atoms with Crippen molar-refractivity contribution in [1.82, 2.24) is 14.5 Å². The van der Waals surface area contributed by atoms with Crippen molar-refractivity contribution in [3.05, 3.63) is 39.8 Å². The summed E-state index contributed by atoms with van der Waals surface area (Å²) >= 11 is 0. The van der Waals surface area contributed by atoms with Crippen molar-refractivity contribution in [3.8, 4) is 0 Å². The second-order valence-corrected chi connectivity index (χ2v) is 11.4. The number of carbonyl (C=O) groups is 2. The van der Waals surface area contributed by atoms with Gasteiger partial charge in [-0.15, -0.1) is 0 Å². The molecule has 4 rings (SSSR count). The standard InChI is InChI=1S/C24H34N4O5S/c1-24(10-14-28(24)13-5-12-27(2)23(30)31)11-15-34(32,33)26-22(29)25-21-19-8-3-6-17(19)16-18-7-4-9-20(18)21/h11,15-16H,3-10,12-14H2,1-2H3,(H,30,31)(H2,25,26,29). The predicted molar refractivity (Wildman–Crippen MR) is 131 cm³/mol. The highest BCUT2D eigenvalue weighted by Gasteiger charge is 2.38. The lowest BCUT2D eigenvalue weighted by Crippen LogP contribution is -2.57. The number of aryl methyl sites for hydroxylation is 2. The van der Waals surface area contributed by atoms with Gasteiger partial charge in [0.2, 0.25) is 0 Å². The van der Waals surface area contributed by atoms with E-state index in [9.17, 15) is 18.0 Å². The summed E-state index contributed by atoms with van der Waals surface area (Å²) in [6, 6.07) is 1.53. The molecule has 0 radical (unpaired) electrons. The van der Waals surface area contributed by atoms with Crippen molar-refractivity contribution >= 4 is 27.8 Å². The summed E-state index contributed by atoms with van der Waals surface area (Å²) in [5.41, 5.74) is 5.21. The number of carbonyl (C=O) groups excluding carboxylic acids is 1. The lowest BCUT2D eigenvalue weighted by Gasteiger charge is -2.49. The molecule has 9 nitrogen and oxygen atoms in total. The monoisotopic (exact) mass is 490 g/mol. The highest BCUT2D eigenvalue weighted by atomic mass is 32.2. The smallest absolute Gasteiger partial charge is 0.407 e. The Balaban J connectivity index is 1.36. The van der Waals surface area contributed by atoms with E-state index in [1.54, 1.807) is 6.08 Å². The lowest BCUT2D eigenvalue weighted by atomic mass is 9.86. The van der Waals surface area contributed by atoms with Crippen LogP contribution in [0.25, 0.3) is 0 Å². The van der Waals surface area contributed by atoms with Crippen molar-refractivity contribution < 1.29 is 23.1 Å². The molecule has 2 aliphatic carbocycles. The second-order valence-electron chi connectivity index (χ2n) is 9.79. The van der Waals surface area contributed by atoms with Crippen molar-refractivity contribution in [2.45, 2.75) is 63.8 Å². The summed E-state index contributed by atoms with van der Waals surface area (Å²) in [5, 5.41) is 12.9. The van der Waals surface area contributed by atoms with Crippen molar-refractivity contribution in [3.63, 3.8) is 0 Å². The number of anilines is 1. The number of benzene rings is 1. The van der Waals surface area contributed by atoms with Crippen molar-refractivity contribution in [1.29, 1.82) is 0 Å². The highest BCUT2D eigenvalue weighted by molar-refractivity contribution is 7.92. The van der Waals surface area contributed by atoms with Gasteiger partial charge in [0.05, 0.1) is 0 Å². The number of nitrogens with one attached hydrogen (secondary N) is 2. The molecule has 1 heterocycles. The van der Waals surface area contributed by atoms with Gasteiger partial charge in [0.15, 0.2) is 0 Å². The van der Waals surface area contributed by atoms with Crippen LogP contribution in [0.1, 0.15) is 54.9 Å². The van der Waals surface area contributed by atoms with Gasteiger partial charge >= 0.3 is 12.1 Å². The molecule has 1 fully saturated rings. The van der Waals surface area contributed by atoms with Crippen LogP contribution >= 0.6 is 0 Å². The van der Waals surface area contributed by atoms with E-state index >= 15 is 0 Å². The Morgan fingerprint density at radius 1 is 1.18 bits per heavy atom. The topological polar surface area (TPSA) is 119 Å². The molecule has 3 aliphatic rings. The van der Waals surface area contributed by atoms with E-state index in [1.807, 2.05) is 6.92 Å². The van der Waals surface area contributed by atoms with Crippen LogP contribution in [0.3, 0.4) is 0 Å². The van der Waals surface area contributed by atoms with E-state index in [-0.39, 0.29) is 0 Å². The van der Waals surface area contributed by atoms with E-state index in [0.29, 0.717) is 19.5 Å². The number of urea groups is 1. The zero-order valence-corrected chi connectivity index (χ0v) is 20.7. The van der Waals surface area contributed by atoms with Crippen LogP contribution in [-0.2, 0) is 35.7 Å². The van der Waals surface area contributed by atoms with Crippen LogP contribution in [0.4, 0.5) is 15.3 Å². The quantitative estimate of drug-likeness (QED) is 0.515. The summed E-state index contributed by atoms with van der Waals surface area (Å²) < 4.78 is 27.4. The number of hydrogen-bond donors (Lipinski definition) is 3. The van der Waals surface area contributed by atoms with E-state index < -0.39 is 27.7 Å². The lowest BCUT2D eigenvalue weighted by molar-refractivity contribution is 0.0373. The number of fused-ring (bicyclic) bond motifs is 2. The molecule has 1 aliphatic heterocycles. The first kappa shape index (κ1) is 24.5. The Bertz CT molecular complexity index is 1080. The Labute approximate surface area is 201 Å². The van der Waals surface area contributed by atoms with E-state index in [2.05, 4.69) is 21.0 Å². The minimum Gasteiger partial charge on any atom is -0.465 e. The molecule has 34 heavy (non-hydrogen) atoms. The van der Waals surface area contributed by atoms with Crippen LogP contribution in [0.2, 0.25) is 0 Å². The number of nitrogens with zero attached hydrogens (tertiary/aromatic N) is 2. The molecule has 0 aromatic heterocycles. The number of rotatable bonds is 8. The van der Waals surface area contributed by atoms with Gasteiger partial charge in [0.1, 0.15) is 0 Å². The van der Waals surface area contributed by atoms with Gasteiger partial charge in [-0.3, -0.25) is 4.90 Å². The highest BCUT2D eigenvalue weighted by Crippen LogP contribution is 2.38. The zero-order chi connectivity index (χ0) is 24.5. The molecule has 1 aromatic carbocycles. The average molecular weight is 491 g/mol. The molecule has 1 unspecified atom stereocenters. The van der Waals surface area contributed by atoms with Gasteiger partial charge in [-0.25, -0.2) is 22.7 Å². The molecule has 1 aromatic rings. The fourth-order valence-electron chi connectivity index (χ4n) is 5.28. The normalized spacial score (nSPS) is 21.7. The SMILES string of the molecule is CN(CCCN1CCC1(C)C=CS(=O)(=O)NC(=O)Nc1c2c(cc3c1CCC3)CCC2)C(=O)O. The third-order valence-electron chi connectivity index (χ3n) is 7.41. The van der Waals surface area contributed by atoms with Gasteiger partial charge in [-0.1, -0.05) is 12.1 Å². The number of carboxylic acid groups (broad SMARTS) is 1. The summed E-state index contributed by atoms with van der Waals surface area (Å²) in [6.07, 6.45) is 8.02. The summed E-state index contributed by atoms with van der Waals surface area (Å²) in [5.74, 6) is 0. The number of amides is 3. The van der Waals surface area contributed by atoms with Crippen LogP contribution < -0.4 is 10.0 Å². The first-order valence-electron chi connectivity index (χ1n) is 12.0. The molecular formula is C24H34N4O5S. The van der Waals surface area contributed by atoms with Gasteiger partial charge in [-0.2, -0.15) is 0 Å². The molecule has 0 bridgehead atoms. The average Bonchev–Trinajstić information content (AvgIpc) is 3.42. The van der Waals surface area contributed by atoms with Crippen LogP contribution in [0.15, 0.2) is 17.6 Å². The van der Waals surface area contributed by atoms with Gasteiger partial charge in [0, 0.05) is 43.3 Å². The molecule has 3 amide bonds. The Morgan fingerprint density at radius 2 is 1.82 bits per heavy atom. The maximum absolute atomic E-state index is 12.7. The third-order valence-corrected chi connectivity index (χ3v) is 8.38. The Hall–Kier alpha value is -2.59. The maximum Gasteiger partial charge on any atom is 0.407 e. The summed E-state index contributed by atoms with van der Waals surface area (Å²) in [6.45, 7) is 3.84. The molecule has 0 spiro atoms. The molecule has 1 saturated heterocycles. The van der Waals surface area contributed by atoms with Gasteiger partial charge in [-0.05, 0) is 80.5 Å². The first-order valence-corrected chi connectivity index (χ1v) is 13.5. The van der Waals surface area contributed by atoms with Crippen LogP contribution in [-0.4, -0.2) is 67.7 Å². The fraction of sp³-hybridized carbons (Fsp3) is 0.583. The molecule has 0 saturated carbocycles. The zero-order valence-electron chi connectivity index (χ0n) is 19.9. The number of likely N-dealkylation sites (tertiary alicyclic amines) is 1. The molecule has 10 heteroatoms. The first-order chi connectivity index (χ1) is 16.1. The van der Waals surface area contributed by atoms with E-state index in [1.165, 1.54) is 23.1 Å². The molecular weight excluding hydrogens is 456 g/mol. The minimum atomic E-state index is -3.96. The maximum atomic E-state index is 12.7. The van der Waals surface area contributed by atoms with Crippen LogP contribution in [0, 0.1) is 0 Å². The largest absolute Gasteiger partial charge is 0.465 e. The molecule has 186 valence electrons. The Kier molecular flexibility index (Phi) is 6.91. The Morgan fingerprint density at radius 3 is 2.38 bits per heavy atom.